The van der Waals surface area contributed by atoms with Gasteiger partial charge in [-0.2, -0.15) is 0 Å². The molecule has 2 aromatic rings. The Hall–Kier alpha value is -2.21. The first-order chi connectivity index (χ1) is 11.5. The normalized spacial score (nSPS) is 10.3. The first kappa shape index (κ1) is 18.1. The maximum absolute atomic E-state index is 12.8. The average molecular weight is 393 g/mol. The van der Waals surface area contributed by atoms with Crippen molar-refractivity contribution in [2.24, 2.45) is 0 Å². The van der Waals surface area contributed by atoms with Gasteiger partial charge in [-0.05, 0) is 45.8 Å². The molecule has 0 radical (unpaired) electrons. The summed E-state index contributed by atoms with van der Waals surface area (Å²) in [6.07, 6.45) is 0.176. The number of amides is 2. The third kappa shape index (κ3) is 5.16. The van der Waals surface area contributed by atoms with Crippen molar-refractivity contribution in [2.75, 3.05) is 18.0 Å². The zero-order valence-electron chi connectivity index (χ0n) is 13.3. The van der Waals surface area contributed by atoms with E-state index in [9.17, 15) is 14.0 Å². The van der Waals surface area contributed by atoms with Crippen LogP contribution in [-0.4, -0.2) is 24.9 Å². The number of carbonyl (C=O) groups is 2. The molecule has 0 fully saturated rings. The third-order valence-electron chi connectivity index (χ3n) is 3.46. The number of halogens is 2. The highest BCUT2D eigenvalue weighted by Gasteiger charge is 2.14. The molecular formula is C18H18BrFN2O2. The first-order valence-corrected chi connectivity index (χ1v) is 8.30. The number of rotatable bonds is 6. The topological polar surface area (TPSA) is 49.4 Å². The van der Waals surface area contributed by atoms with E-state index < -0.39 is 0 Å². The number of hydrogen-bond acceptors (Lipinski definition) is 2. The lowest BCUT2D eigenvalue weighted by Gasteiger charge is -2.22. The molecule has 0 aromatic heterocycles. The maximum Gasteiger partial charge on any atom is 0.224 e. The molecule has 0 aliphatic heterocycles. The van der Waals surface area contributed by atoms with Crippen molar-refractivity contribution >= 4 is 33.4 Å². The summed E-state index contributed by atoms with van der Waals surface area (Å²) in [5.41, 5.74) is 1.50. The number of anilines is 1. The van der Waals surface area contributed by atoms with Crippen LogP contribution in [0.1, 0.15) is 12.5 Å². The molecule has 2 aromatic carbocycles. The molecule has 1 N–H and O–H groups in total. The number of carbonyl (C=O) groups excluding carboxylic acids is 2. The van der Waals surface area contributed by atoms with E-state index in [-0.39, 0.29) is 24.1 Å². The number of hydrogen-bond donors (Lipinski definition) is 1. The van der Waals surface area contributed by atoms with E-state index in [1.807, 2.05) is 24.3 Å². The van der Waals surface area contributed by atoms with Crippen LogP contribution in [-0.2, 0) is 16.0 Å². The standard InChI is InChI=1S/C18H18BrFN2O2/c1-13(23)22(17-5-3-2-4-16(17)19)11-10-21-18(24)12-14-6-8-15(20)9-7-14/h2-9H,10-12H2,1H3,(H,21,24). The Balaban J connectivity index is 1.89. The maximum atomic E-state index is 12.8. The van der Waals surface area contributed by atoms with Gasteiger partial charge in [-0.15, -0.1) is 0 Å². The Morgan fingerprint density at radius 1 is 1.12 bits per heavy atom. The minimum absolute atomic E-state index is 0.102. The van der Waals surface area contributed by atoms with E-state index in [1.165, 1.54) is 19.1 Å². The Bertz CT molecular complexity index is 719. The Labute approximate surface area is 148 Å². The van der Waals surface area contributed by atoms with Crippen molar-refractivity contribution in [3.8, 4) is 0 Å². The van der Waals surface area contributed by atoms with Gasteiger partial charge in [-0.25, -0.2) is 4.39 Å². The molecular weight excluding hydrogens is 375 g/mol. The van der Waals surface area contributed by atoms with Gasteiger partial charge < -0.3 is 10.2 Å². The summed E-state index contributed by atoms with van der Waals surface area (Å²) in [5, 5.41) is 2.78. The van der Waals surface area contributed by atoms with E-state index >= 15 is 0 Å². The van der Waals surface area contributed by atoms with Crippen LogP contribution in [0.25, 0.3) is 0 Å². The molecule has 0 saturated carbocycles. The zero-order chi connectivity index (χ0) is 17.5. The third-order valence-corrected chi connectivity index (χ3v) is 4.13. The van der Waals surface area contributed by atoms with Crippen LogP contribution in [0.4, 0.5) is 10.1 Å². The van der Waals surface area contributed by atoms with Crippen molar-refractivity contribution in [3.05, 3.63) is 64.4 Å². The summed E-state index contributed by atoms with van der Waals surface area (Å²) in [6, 6.07) is 13.2. The second-order valence-electron chi connectivity index (χ2n) is 5.28. The van der Waals surface area contributed by atoms with Gasteiger partial charge in [-0.3, -0.25) is 9.59 Å². The monoisotopic (exact) mass is 392 g/mol. The molecule has 0 aliphatic rings. The van der Waals surface area contributed by atoms with Crippen molar-refractivity contribution in [3.63, 3.8) is 0 Å². The minimum Gasteiger partial charge on any atom is -0.354 e. The molecule has 0 unspecified atom stereocenters. The van der Waals surface area contributed by atoms with Crippen molar-refractivity contribution < 1.29 is 14.0 Å². The summed E-state index contributed by atoms with van der Waals surface area (Å²) in [5.74, 6) is -0.600. The van der Waals surface area contributed by atoms with Gasteiger partial charge in [0.05, 0.1) is 12.1 Å². The Morgan fingerprint density at radius 2 is 1.79 bits per heavy atom. The largest absolute Gasteiger partial charge is 0.354 e. The van der Waals surface area contributed by atoms with Crippen molar-refractivity contribution in [2.45, 2.75) is 13.3 Å². The number of benzene rings is 2. The fraction of sp³-hybridized carbons (Fsp3) is 0.222. The smallest absolute Gasteiger partial charge is 0.224 e. The molecule has 126 valence electrons. The van der Waals surface area contributed by atoms with E-state index in [0.29, 0.717) is 13.1 Å². The molecule has 0 aliphatic carbocycles. The van der Waals surface area contributed by atoms with E-state index in [0.717, 1.165) is 15.7 Å². The van der Waals surface area contributed by atoms with Crippen molar-refractivity contribution in [1.29, 1.82) is 0 Å². The van der Waals surface area contributed by atoms with Gasteiger partial charge in [0.25, 0.3) is 0 Å². The molecule has 0 bridgehead atoms. The van der Waals surface area contributed by atoms with Crippen LogP contribution in [0, 0.1) is 5.82 Å². The summed E-state index contributed by atoms with van der Waals surface area (Å²) < 4.78 is 13.7. The van der Waals surface area contributed by atoms with E-state index in [1.54, 1.807) is 17.0 Å². The lowest BCUT2D eigenvalue weighted by atomic mass is 10.1. The second-order valence-corrected chi connectivity index (χ2v) is 6.13. The summed E-state index contributed by atoms with van der Waals surface area (Å²) in [6.45, 7) is 2.19. The average Bonchev–Trinajstić information content (AvgIpc) is 2.54. The SMILES string of the molecule is CC(=O)N(CCNC(=O)Cc1ccc(F)cc1)c1ccccc1Br. The molecule has 24 heavy (non-hydrogen) atoms. The minimum atomic E-state index is -0.329. The van der Waals surface area contributed by atoms with Crippen LogP contribution in [0.15, 0.2) is 53.0 Å². The molecule has 0 atom stereocenters. The molecule has 0 saturated heterocycles. The highest BCUT2D eigenvalue weighted by Crippen LogP contribution is 2.25. The Kier molecular flexibility index (Phi) is 6.49. The highest BCUT2D eigenvalue weighted by molar-refractivity contribution is 9.10. The van der Waals surface area contributed by atoms with Crippen LogP contribution in [0.2, 0.25) is 0 Å². The van der Waals surface area contributed by atoms with Crippen LogP contribution in [0.3, 0.4) is 0 Å². The van der Waals surface area contributed by atoms with Crippen LogP contribution in [0.5, 0.6) is 0 Å². The predicted octanol–water partition coefficient (Wildman–Crippen LogP) is 3.30. The van der Waals surface area contributed by atoms with E-state index in [2.05, 4.69) is 21.2 Å². The summed E-state index contributed by atoms with van der Waals surface area (Å²) in [7, 11) is 0. The molecule has 2 amide bonds. The molecule has 2 rings (SSSR count). The lowest BCUT2D eigenvalue weighted by Crippen LogP contribution is -2.38. The fourth-order valence-electron chi connectivity index (χ4n) is 2.28. The van der Waals surface area contributed by atoms with Gasteiger partial charge in [-0.1, -0.05) is 24.3 Å². The van der Waals surface area contributed by atoms with Gasteiger partial charge in [0.1, 0.15) is 5.82 Å². The Morgan fingerprint density at radius 3 is 2.42 bits per heavy atom. The molecule has 4 nitrogen and oxygen atoms in total. The molecule has 6 heteroatoms. The number of nitrogens with one attached hydrogen (secondary N) is 1. The number of para-hydroxylation sites is 1. The first-order valence-electron chi connectivity index (χ1n) is 7.51. The lowest BCUT2D eigenvalue weighted by molar-refractivity contribution is -0.121. The predicted molar refractivity (Wildman–Crippen MR) is 95.3 cm³/mol. The zero-order valence-corrected chi connectivity index (χ0v) is 14.8. The molecule has 0 spiro atoms. The van der Waals surface area contributed by atoms with Crippen molar-refractivity contribution in [1.82, 2.24) is 5.32 Å². The number of nitrogens with zero attached hydrogens (tertiary/aromatic N) is 1. The molecule has 0 heterocycles. The fourth-order valence-corrected chi connectivity index (χ4v) is 2.77. The highest BCUT2D eigenvalue weighted by atomic mass is 79.9. The van der Waals surface area contributed by atoms with Gasteiger partial charge in [0.2, 0.25) is 11.8 Å². The van der Waals surface area contributed by atoms with Crippen LogP contribution >= 0.6 is 15.9 Å². The second kappa shape index (κ2) is 8.59. The van der Waals surface area contributed by atoms with E-state index in [4.69, 9.17) is 0 Å². The van der Waals surface area contributed by atoms with Gasteiger partial charge in [0.15, 0.2) is 0 Å². The van der Waals surface area contributed by atoms with Crippen LogP contribution < -0.4 is 10.2 Å². The summed E-state index contributed by atoms with van der Waals surface area (Å²) in [4.78, 5) is 25.4. The van der Waals surface area contributed by atoms with Gasteiger partial charge >= 0.3 is 0 Å². The van der Waals surface area contributed by atoms with Gasteiger partial charge in [0, 0.05) is 24.5 Å². The summed E-state index contributed by atoms with van der Waals surface area (Å²) >= 11 is 3.42. The quantitative estimate of drug-likeness (QED) is 0.819.